The van der Waals surface area contributed by atoms with Crippen LogP contribution in [0.25, 0.3) is 0 Å². The van der Waals surface area contributed by atoms with Crippen LogP contribution in [0.2, 0.25) is 0 Å². The standard InChI is InChI=1S/C11H14FN3O4S.ClH/c1-14(8-5-6-13-7-8)20(18,19)10-4-2-3-9(12)11(10)15(16)17;/h2-4,8,13H,5-7H2,1H3;1H. The van der Waals surface area contributed by atoms with Crippen LogP contribution in [0.3, 0.4) is 0 Å². The molecular formula is C11H15ClFN3O4S. The van der Waals surface area contributed by atoms with Crippen molar-refractivity contribution < 1.29 is 17.7 Å². The second-order valence-electron chi connectivity index (χ2n) is 4.51. The summed E-state index contributed by atoms with van der Waals surface area (Å²) in [4.78, 5) is 9.28. The minimum absolute atomic E-state index is 0. The van der Waals surface area contributed by atoms with Crippen LogP contribution in [-0.2, 0) is 10.0 Å². The van der Waals surface area contributed by atoms with Gasteiger partial charge in [-0.05, 0) is 25.1 Å². The van der Waals surface area contributed by atoms with E-state index in [1.165, 1.54) is 7.05 Å². The Balaban J connectivity index is 0.00000220. The van der Waals surface area contributed by atoms with E-state index in [0.717, 1.165) is 22.5 Å². The molecule has 0 spiro atoms. The van der Waals surface area contributed by atoms with Gasteiger partial charge in [0, 0.05) is 19.6 Å². The van der Waals surface area contributed by atoms with Crippen molar-refractivity contribution in [3.05, 3.63) is 34.1 Å². The van der Waals surface area contributed by atoms with Crippen LogP contribution in [0.15, 0.2) is 23.1 Å². The van der Waals surface area contributed by atoms with Crippen LogP contribution < -0.4 is 5.32 Å². The van der Waals surface area contributed by atoms with Gasteiger partial charge in [-0.2, -0.15) is 8.70 Å². The van der Waals surface area contributed by atoms with E-state index in [9.17, 15) is 22.9 Å². The number of rotatable bonds is 4. The summed E-state index contributed by atoms with van der Waals surface area (Å²) in [5.74, 6) is -1.16. The second-order valence-corrected chi connectivity index (χ2v) is 6.48. The Morgan fingerprint density at radius 2 is 2.14 bits per heavy atom. The minimum Gasteiger partial charge on any atom is -0.315 e. The Labute approximate surface area is 127 Å². The third kappa shape index (κ3) is 3.31. The molecule has 2 rings (SSSR count). The number of halogens is 2. The van der Waals surface area contributed by atoms with Crippen molar-refractivity contribution >= 4 is 28.1 Å². The molecule has 1 aliphatic rings. The highest BCUT2D eigenvalue weighted by atomic mass is 35.5. The third-order valence-electron chi connectivity index (χ3n) is 3.34. The zero-order valence-corrected chi connectivity index (χ0v) is 12.8. The van der Waals surface area contributed by atoms with Gasteiger partial charge in [-0.3, -0.25) is 10.1 Å². The van der Waals surface area contributed by atoms with E-state index in [4.69, 9.17) is 0 Å². The molecule has 1 fully saturated rings. The van der Waals surface area contributed by atoms with Crippen molar-refractivity contribution in [3.8, 4) is 0 Å². The summed E-state index contributed by atoms with van der Waals surface area (Å²) in [6, 6.07) is 2.78. The van der Waals surface area contributed by atoms with E-state index >= 15 is 0 Å². The fourth-order valence-corrected chi connectivity index (χ4v) is 3.73. The molecular weight excluding hydrogens is 325 g/mol. The molecule has 1 atom stereocenters. The number of hydrogen-bond donors (Lipinski definition) is 1. The highest BCUT2D eigenvalue weighted by molar-refractivity contribution is 7.89. The van der Waals surface area contributed by atoms with Gasteiger partial charge in [-0.15, -0.1) is 12.4 Å². The number of benzene rings is 1. The molecule has 0 amide bonds. The van der Waals surface area contributed by atoms with E-state index in [1.807, 2.05) is 0 Å². The lowest BCUT2D eigenvalue weighted by Gasteiger charge is -2.22. The van der Waals surface area contributed by atoms with Crippen LogP contribution in [0.5, 0.6) is 0 Å². The van der Waals surface area contributed by atoms with Gasteiger partial charge in [0.2, 0.25) is 15.8 Å². The first kappa shape index (κ1) is 17.8. The van der Waals surface area contributed by atoms with E-state index in [-0.39, 0.29) is 18.4 Å². The average molecular weight is 340 g/mol. The second kappa shape index (κ2) is 6.65. The van der Waals surface area contributed by atoms with Gasteiger partial charge in [0.15, 0.2) is 4.90 Å². The van der Waals surface area contributed by atoms with E-state index in [1.54, 1.807) is 0 Å². The number of nitrogens with zero attached hydrogens (tertiary/aromatic N) is 2. The maximum absolute atomic E-state index is 13.5. The SMILES string of the molecule is CN(C1CCNC1)S(=O)(=O)c1cccc(F)c1[N+](=O)[O-].Cl. The maximum atomic E-state index is 13.5. The predicted octanol–water partition coefficient (Wildman–Crippen LogP) is 1.14. The van der Waals surface area contributed by atoms with Crippen LogP contribution in [0, 0.1) is 15.9 Å². The van der Waals surface area contributed by atoms with Gasteiger partial charge in [0.1, 0.15) is 0 Å². The summed E-state index contributed by atoms with van der Waals surface area (Å²) in [6.07, 6.45) is 0.610. The van der Waals surface area contributed by atoms with Gasteiger partial charge in [-0.25, -0.2) is 8.42 Å². The van der Waals surface area contributed by atoms with Gasteiger partial charge >= 0.3 is 5.69 Å². The average Bonchev–Trinajstić information content (AvgIpc) is 2.90. The summed E-state index contributed by atoms with van der Waals surface area (Å²) >= 11 is 0. The smallest absolute Gasteiger partial charge is 0.315 e. The van der Waals surface area contributed by atoms with Gasteiger partial charge in [-0.1, -0.05) is 6.07 Å². The van der Waals surface area contributed by atoms with Crippen LogP contribution >= 0.6 is 12.4 Å². The molecule has 0 aromatic heterocycles. The Bertz CT molecular complexity index is 634. The number of hydrogen-bond acceptors (Lipinski definition) is 5. The Kier molecular flexibility index (Phi) is 5.62. The Morgan fingerprint density at radius 1 is 1.48 bits per heavy atom. The molecule has 1 aromatic rings. The van der Waals surface area contributed by atoms with Crippen molar-refractivity contribution in [1.82, 2.24) is 9.62 Å². The van der Waals surface area contributed by atoms with E-state index in [0.29, 0.717) is 19.5 Å². The number of nitro groups is 1. The molecule has 118 valence electrons. The first-order valence-corrected chi connectivity index (χ1v) is 7.41. The zero-order chi connectivity index (χ0) is 14.9. The summed E-state index contributed by atoms with van der Waals surface area (Å²) in [7, 11) is -2.76. The van der Waals surface area contributed by atoms with E-state index in [2.05, 4.69) is 5.32 Å². The Hall–Kier alpha value is -1.29. The minimum atomic E-state index is -4.11. The monoisotopic (exact) mass is 339 g/mol. The molecule has 1 aliphatic heterocycles. The number of para-hydroxylation sites is 1. The molecule has 0 bridgehead atoms. The molecule has 0 saturated carbocycles. The van der Waals surface area contributed by atoms with Gasteiger partial charge < -0.3 is 5.32 Å². The quantitative estimate of drug-likeness (QED) is 0.656. The molecule has 7 nitrogen and oxygen atoms in total. The molecule has 0 radical (unpaired) electrons. The third-order valence-corrected chi connectivity index (χ3v) is 5.28. The molecule has 21 heavy (non-hydrogen) atoms. The summed E-state index contributed by atoms with van der Waals surface area (Å²) in [5, 5.41) is 13.9. The highest BCUT2D eigenvalue weighted by Gasteiger charge is 2.36. The fraction of sp³-hybridized carbons (Fsp3) is 0.455. The van der Waals surface area contributed by atoms with Crippen LogP contribution in [0.4, 0.5) is 10.1 Å². The first-order chi connectivity index (χ1) is 9.35. The molecule has 1 unspecified atom stereocenters. The van der Waals surface area contributed by atoms with Crippen LogP contribution in [-0.4, -0.2) is 43.8 Å². The lowest BCUT2D eigenvalue weighted by Crippen LogP contribution is -2.38. The molecule has 1 N–H and O–H groups in total. The van der Waals surface area contributed by atoms with Crippen molar-refractivity contribution in [3.63, 3.8) is 0 Å². The predicted molar refractivity (Wildman–Crippen MR) is 76.5 cm³/mol. The molecule has 1 aromatic carbocycles. The fourth-order valence-electron chi connectivity index (χ4n) is 2.18. The van der Waals surface area contributed by atoms with Gasteiger partial charge in [0.25, 0.3) is 0 Å². The van der Waals surface area contributed by atoms with Crippen LogP contribution in [0.1, 0.15) is 6.42 Å². The number of likely N-dealkylation sites (N-methyl/N-ethyl adjacent to an activating group) is 1. The largest absolute Gasteiger partial charge is 0.324 e. The van der Waals surface area contributed by atoms with Crippen molar-refractivity contribution in [1.29, 1.82) is 0 Å². The molecule has 0 aliphatic carbocycles. The molecule has 1 saturated heterocycles. The van der Waals surface area contributed by atoms with Crippen molar-refractivity contribution in [2.24, 2.45) is 0 Å². The lowest BCUT2D eigenvalue weighted by atomic mass is 10.3. The van der Waals surface area contributed by atoms with Crippen molar-refractivity contribution in [2.75, 3.05) is 20.1 Å². The summed E-state index contributed by atoms with van der Waals surface area (Å²) < 4.78 is 39.4. The van der Waals surface area contributed by atoms with E-state index < -0.39 is 31.3 Å². The highest BCUT2D eigenvalue weighted by Crippen LogP contribution is 2.30. The first-order valence-electron chi connectivity index (χ1n) is 5.97. The normalized spacial score (nSPS) is 18.5. The Morgan fingerprint density at radius 3 is 2.67 bits per heavy atom. The lowest BCUT2D eigenvalue weighted by molar-refractivity contribution is -0.390. The number of sulfonamides is 1. The topological polar surface area (TPSA) is 92.6 Å². The van der Waals surface area contributed by atoms with Gasteiger partial charge in [0.05, 0.1) is 4.92 Å². The summed E-state index contributed by atoms with van der Waals surface area (Å²) in [6.45, 7) is 1.15. The molecule has 10 heteroatoms. The van der Waals surface area contributed by atoms with Crippen molar-refractivity contribution in [2.45, 2.75) is 17.4 Å². The molecule has 1 heterocycles. The maximum Gasteiger partial charge on any atom is 0.324 e. The zero-order valence-electron chi connectivity index (χ0n) is 11.2. The summed E-state index contributed by atoms with van der Waals surface area (Å²) in [5.41, 5.74) is -1.01. The number of nitro benzene ring substituents is 1. The number of nitrogens with one attached hydrogen (secondary N) is 1.